The molecule has 1 heterocycles. The van der Waals surface area contributed by atoms with Gasteiger partial charge in [-0.15, -0.1) is 0 Å². The second-order valence-corrected chi connectivity index (χ2v) is 10.9. The lowest BCUT2D eigenvalue weighted by atomic mass is 9.86. The Morgan fingerprint density at radius 1 is 1.16 bits per heavy atom. The molecule has 174 valence electrons. The number of hydrogen-bond acceptors (Lipinski definition) is 5. The number of aryl methyl sites for hydroxylation is 1. The van der Waals surface area contributed by atoms with Crippen molar-refractivity contribution in [1.82, 2.24) is 9.21 Å². The zero-order valence-corrected chi connectivity index (χ0v) is 19.8. The molecule has 0 bridgehead atoms. The summed E-state index contributed by atoms with van der Waals surface area (Å²) in [4.78, 5) is 15.5. The Kier molecular flexibility index (Phi) is 7.76. The molecular formula is C23H35FN2O4S. The first kappa shape index (κ1) is 24.1. The van der Waals surface area contributed by atoms with Gasteiger partial charge in [0.2, 0.25) is 10.0 Å². The predicted octanol–water partition coefficient (Wildman–Crippen LogP) is 3.78. The summed E-state index contributed by atoms with van der Waals surface area (Å²) in [5.41, 5.74) is 1.00. The number of sulfonamides is 1. The third-order valence-corrected chi connectivity index (χ3v) is 8.96. The first-order valence-corrected chi connectivity index (χ1v) is 12.9. The number of ketones is 1. The van der Waals surface area contributed by atoms with Crippen LogP contribution in [0.15, 0.2) is 12.1 Å². The summed E-state index contributed by atoms with van der Waals surface area (Å²) in [5, 5.41) is 0. The number of carbonyl (C=O) groups excluding carboxylic acids is 1. The third kappa shape index (κ3) is 5.29. The Bertz CT molecular complexity index is 889. The van der Waals surface area contributed by atoms with Crippen molar-refractivity contribution in [2.75, 3.05) is 39.0 Å². The molecule has 6 nitrogen and oxygen atoms in total. The van der Waals surface area contributed by atoms with Gasteiger partial charge in [0, 0.05) is 44.2 Å². The Balaban J connectivity index is 1.69. The molecule has 1 saturated heterocycles. The fourth-order valence-corrected chi connectivity index (χ4v) is 6.78. The number of rotatable bonds is 9. The third-order valence-electron chi connectivity index (χ3n) is 6.88. The molecule has 2 fully saturated rings. The minimum Gasteiger partial charge on any atom is -0.496 e. The summed E-state index contributed by atoms with van der Waals surface area (Å²) >= 11 is 0. The SMILES string of the molecule is CCCS(=O)(=O)N1CCN(C2(CCC(=O)c3c(C)cc(F)cc3OC)CCCC2)CC1. The number of nitrogens with zero attached hydrogens (tertiary/aromatic N) is 2. The highest BCUT2D eigenvalue weighted by molar-refractivity contribution is 7.89. The van der Waals surface area contributed by atoms with Gasteiger partial charge in [-0.1, -0.05) is 19.8 Å². The largest absolute Gasteiger partial charge is 0.496 e. The predicted molar refractivity (Wildman–Crippen MR) is 120 cm³/mol. The van der Waals surface area contributed by atoms with Gasteiger partial charge in [-0.3, -0.25) is 9.69 Å². The van der Waals surface area contributed by atoms with Crippen LogP contribution >= 0.6 is 0 Å². The maximum absolute atomic E-state index is 13.7. The van der Waals surface area contributed by atoms with Crippen molar-refractivity contribution in [1.29, 1.82) is 0 Å². The Hall–Kier alpha value is -1.51. The first-order valence-electron chi connectivity index (χ1n) is 11.3. The summed E-state index contributed by atoms with van der Waals surface area (Å²) in [5.74, 6) is 0.0578. The van der Waals surface area contributed by atoms with E-state index >= 15 is 0 Å². The highest BCUT2D eigenvalue weighted by Crippen LogP contribution is 2.40. The number of benzene rings is 1. The van der Waals surface area contributed by atoms with Crippen molar-refractivity contribution in [2.24, 2.45) is 0 Å². The number of Topliss-reactive ketones (excluding diaryl/α,β-unsaturated/α-hetero) is 1. The van der Waals surface area contributed by atoms with Crippen LogP contribution in [0, 0.1) is 12.7 Å². The first-order chi connectivity index (χ1) is 14.7. The molecule has 31 heavy (non-hydrogen) atoms. The fourth-order valence-electron chi connectivity index (χ4n) is 5.29. The summed E-state index contributed by atoms with van der Waals surface area (Å²) in [6.07, 6.45) is 6.04. The monoisotopic (exact) mass is 454 g/mol. The number of piperazine rings is 1. The zero-order valence-electron chi connectivity index (χ0n) is 19.0. The van der Waals surface area contributed by atoms with Crippen LogP contribution in [-0.2, 0) is 10.0 Å². The van der Waals surface area contributed by atoms with Gasteiger partial charge >= 0.3 is 0 Å². The maximum Gasteiger partial charge on any atom is 0.214 e. The lowest BCUT2D eigenvalue weighted by molar-refractivity contribution is 0.0476. The average Bonchev–Trinajstić information content (AvgIpc) is 3.21. The lowest BCUT2D eigenvalue weighted by Gasteiger charge is -2.46. The summed E-state index contributed by atoms with van der Waals surface area (Å²) < 4.78 is 45.4. The van der Waals surface area contributed by atoms with E-state index in [-0.39, 0.29) is 22.8 Å². The number of methoxy groups -OCH3 is 1. The number of carbonyl (C=O) groups is 1. The van der Waals surface area contributed by atoms with Gasteiger partial charge in [-0.05, 0) is 44.2 Å². The highest BCUT2D eigenvalue weighted by Gasteiger charge is 2.42. The molecule has 0 atom stereocenters. The van der Waals surface area contributed by atoms with Crippen LogP contribution in [0.2, 0.25) is 0 Å². The Morgan fingerprint density at radius 3 is 2.39 bits per heavy atom. The highest BCUT2D eigenvalue weighted by atomic mass is 32.2. The van der Waals surface area contributed by atoms with Crippen molar-refractivity contribution in [2.45, 2.75) is 64.3 Å². The molecule has 0 aromatic heterocycles. The average molecular weight is 455 g/mol. The van der Waals surface area contributed by atoms with E-state index in [1.54, 1.807) is 11.2 Å². The number of ether oxygens (including phenoxy) is 1. The van der Waals surface area contributed by atoms with Gasteiger partial charge in [0.25, 0.3) is 0 Å². The summed E-state index contributed by atoms with van der Waals surface area (Å²) in [6, 6.07) is 2.64. The molecular weight excluding hydrogens is 419 g/mol. The van der Waals surface area contributed by atoms with Crippen molar-refractivity contribution < 1.29 is 22.3 Å². The summed E-state index contributed by atoms with van der Waals surface area (Å²) in [6.45, 7) is 6.06. The van der Waals surface area contributed by atoms with Crippen molar-refractivity contribution in [3.05, 3.63) is 29.1 Å². The molecule has 0 spiro atoms. The standard InChI is InChI=1S/C23H35FN2O4S/c1-4-15-31(28,29)26-13-11-25(12-14-26)23(8-5-6-9-23)10-7-20(27)22-18(2)16-19(24)17-21(22)30-3/h16-17H,4-15H2,1-3H3. The molecule has 3 rings (SSSR count). The van der Waals surface area contributed by atoms with E-state index in [0.717, 1.165) is 32.1 Å². The maximum atomic E-state index is 13.7. The molecule has 0 amide bonds. The molecule has 0 radical (unpaired) electrons. The second-order valence-electron chi connectivity index (χ2n) is 8.86. The minimum atomic E-state index is -3.17. The van der Waals surface area contributed by atoms with Crippen molar-refractivity contribution in [3.8, 4) is 5.75 Å². The van der Waals surface area contributed by atoms with Crippen LogP contribution < -0.4 is 4.74 Å². The molecule has 1 aromatic carbocycles. The Labute approximate surface area is 185 Å². The summed E-state index contributed by atoms with van der Waals surface area (Å²) in [7, 11) is -1.72. The van der Waals surface area contributed by atoms with Gasteiger partial charge in [-0.25, -0.2) is 12.8 Å². The van der Waals surface area contributed by atoms with E-state index in [9.17, 15) is 17.6 Å². The van der Waals surface area contributed by atoms with E-state index < -0.39 is 15.8 Å². The number of hydrogen-bond donors (Lipinski definition) is 0. The number of halogens is 1. The van der Waals surface area contributed by atoms with Gasteiger partial charge in [0.1, 0.15) is 11.6 Å². The van der Waals surface area contributed by atoms with Crippen LogP contribution in [0.4, 0.5) is 4.39 Å². The van der Waals surface area contributed by atoms with E-state index in [1.807, 2.05) is 6.92 Å². The van der Waals surface area contributed by atoms with E-state index in [1.165, 1.54) is 19.2 Å². The molecule has 8 heteroatoms. The molecule has 1 saturated carbocycles. The molecule has 1 aliphatic heterocycles. The normalized spacial score (nSPS) is 20.1. The molecule has 0 N–H and O–H groups in total. The van der Waals surface area contributed by atoms with Crippen LogP contribution in [-0.4, -0.2) is 68.0 Å². The van der Waals surface area contributed by atoms with E-state index in [0.29, 0.717) is 50.1 Å². The van der Waals surface area contributed by atoms with Crippen LogP contribution in [0.25, 0.3) is 0 Å². The second kappa shape index (κ2) is 9.96. The van der Waals surface area contributed by atoms with Crippen molar-refractivity contribution in [3.63, 3.8) is 0 Å². The zero-order chi connectivity index (χ0) is 22.6. The van der Waals surface area contributed by atoms with E-state index in [2.05, 4.69) is 4.90 Å². The smallest absolute Gasteiger partial charge is 0.214 e. The molecule has 1 aliphatic carbocycles. The van der Waals surface area contributed by atoms with Gasteiger partial charge in [-0.2, -0.15) is 4.31 Å². The molecule has 2 aliphatic rings. The van der Waals surface area contributed by atoms with E-state index in [4.69, 9.17) is 4.74 Å². The van der Waals surface area contributed by atoms with Crippen LogP contribution in [0.5, 0.6) is 5.75 Å². The van der Waals surface area contributed by atoms with Crippen molar-refractivity contribution >= 4 is 15.8 Å². The van der Waals surface area contributed by atoms with Gasteiger partial charge < -0.3 is 4.74 Å². The van der Waals surface area contributed by atoms with Gasteiger partial charge in [0.05, 0.1) is 18.4 Å². The van der Waals surface area contributed by atoms with Gasteiger partial charge in [0.15, 0.2) is 5.78 Å². The van der Waals surface area contributed by atoms with Crippen LogP contribution in [0.3, 0.4) is 0 Å². The molecule has 0 unspecified atom stereocenters. The fraction of sp³-hybridized carbons (Fsp3) is 0.696. The quantitative estimate of drug-likeness (QED) is 0.532. The van der Waals surface area contributed by atoms with Crippen LogP contribution in [0.1, 0.15) is 67.8 Å². The topological polar surface area (TPSA) is 66.9 Å². The Morgan fingerprint density at radius 2 is 1.81 bits per heavy atom. The lowest BCUT2D eigenvalue weighted by Crippen LogP contribution is -2.57. The minimum absolute atomic E-state index is 0.0233. The molecule has 1 aromatic rings.